The predicted molar refractivity (Wildman–Crippen MR) is 85.4 cm³/mol. The first-order valence-corrected chi connectivity index (χ1v) is 9.42. The van der Waals surface area contributed by atoms with Gasteiger partial charge in [0.05, 0.1) is 5.92 Å². The van der Waals surface area contributed by atoms with Gasteiger partial charge in [0, 0.05) is 6.54 Å². The zero-order chi connectivity index (χ0) is 18.2. The highest BCUT2D eigenvalue weighted by atomic mass is 31.2. The molecule has 0 rings (SSSR count). The van der Waals surface area contributed by atoms with Crippen LogP contribution < -0.4 is 0 Å². The van der Waals surface area contributed by atoms with Crippen LogP contribution in [-0.4, -0.2) is 62.1 Å². The van der Waals surface area contributed by atoms with Crippen molar-refractivity contribution in [1.82, 2.24) is 4.90 Å². The molecule has 0 aliphatic carbocycles. The Morgan fingerprint density at radius 2 is 1.65 bits per heavy atom. The Bertz CT molecular complexity index is 435. The molecule has 0 fully saturated rings. The van der Waals surface area contributed by atoms with E-state index in [0.717, 1.165) is 19.6 Å². The standard InChI is InChI=1S/C14H28NO7P/c1-4-15(9-10(2)3)8-6-5-7-11(13(16)17)12(14(18)19)23(20,21)22/h10-12H,4-9H2,1-3H3,(H,16,17)(H,18,19)(H2,20,21,22). The van der Waals surface area contributed by atoms with Gasteiger partial charge in [-0.25, -0.2) is 0 Å². The number of unbranched alkanes of at least 4 members (excludes halogenated alkanes) is 1. The second-order valence-corrected chi connectivity index (χ2v) is 7.83. The first-order chi connectivity index (χ1) is 10.5. The lowest BCUT2D eigenvalue weighted by molar-refractivity contribution is -0.148. The minimum atomic E-state index is -5.03. The first-order valence-electron chi connectivity index (χ1n) is 7.73. The number of hydrogen-bond acceptors (Lipinski definition) is 4. The smallest absolute Gasteiger partial charge is 0.340 e. The Balaban J connectivity index is 4.64. The molecule has 0 aliphatic rings. The fraction of sp³-hybridized carbons (Fsp3) is 0.857. The number of nitrogens with zero attached hydrogens (tertiary/aromatic N) is 1. The number of carboxylic acid groups (broad SMARTS) is 2. The topological polar surface area (TPSA) is 135 Å². The minimum Gasteiger partial charge on any atom is -0.481 e. The molecule has 23 heavy (non-hydrogen) atoms. The van der Waals surface area contributed by atoms with Gasteiger partial charge in [-0.05, 0) is 31.8 Å². The van der Waals surface area contributed by atoms with Crippen LogP contribution in [0.1, 0.15) is 40.0 Å². The van der Waals surface area contributed by atoms with Crippen LogP contribution in [0.2, 0.25) is 0 Å². The number of carbonyl (C=O) groups is 2. The Kier molecular flexibility index (Phi) is 9.61. The van der Waals surface area contributed by atoms with Crippen molar-refractivity contribution in [2.75, 3.05) is 19.6 Å². The Morgan fingerprint density at radius 3 is 2.00 bits per heavy atom. The summed E-state index contributed by atoms with van der Waals surface area (Å²) >= 11 is 0. The van der Waals surface area contributed by atoms with E-state index < -0.39 is 31.1 Å². The second-order valence-electron chi connectivity index (χ2n) is 6.10. The molecule has 2 unspecified atom stereocenters. The molecule has 0 heterocycles. The number of hydrogen-bond donors (Lipinski definition) is 4. The van der Waals surface area contributed by atoms with Gasteiger partial charge in [-0.1, -0.05) is 27.2 Å². The summed E-state index contributed by atoms with van der Waals surface area (Å²) in [6.07, 6.45) is 0.976. The summed E-state index contributed by atoms with van der Waals surface area (Å²) < 4.78 is 11.3. The van der Waals surface area contributed by atoms with Crippen molar-refractivity contribution in [1.29, 1.82) is 0 Å². The molecule has 136 valence electrons. The first kappa shape index (κ1) is 22.1. The summed E-state index contributed by atoms with van der Waals surface area (Å²) in [7, 11) is -5.03. The molecule has 0 saturated carbocycles. The Morgan fingerprint density at radius 1 is 1.09 bits per heavy atom. The van der Waals surface area contributed by atoms with Gasteiger partial charge in [-0.15, -0.1) is 0 Å². The normalized spacial score (nSPS) is 14.9. The van der Waals surface area contributed by atoms with Crippen molar-refractivity contribution in [2.45, 2.75) is 45.7 Å². The van der Waals surface area contributed by atoms with Crippen LogP contribution in [0.4, 0.5) is 0 Å². The average molecular weight is 353 g/mol. The zero-order valence-corrected chi connectivity index (χ0v) is 14.8. The van der Waals surface area contributed by atoms with Crippen molar-refractivity contribution in [3.8, 4) is 0 Å². The van der Waals surface area contributed by atoms with Crippen molar-refractivity contribution < 1.29 is 34.2 Å². The summed E-state index contributed by atoms with van der Waals surface area (Å²) in [6.45, 7) is 8.74. The van der Waals surface area contributed by atoms with E-state index in [2.05, 4.69) is 18.7 Å². The third-order valence-electron chi connectivity index (χ3n) is 3.62. The van der Waals surface area contributed by atoms with Crippen LogP contribution in [0, 0.1) is 11.8 Å². The van der Waals surface area contributed by atoms with Crippen LogP contribution in [0.5, 0.6) is 0 Å². The highest BCUT2D eigenvalue weighted by molar-refractivity contribution is 7.53. The quantitative estimate of drug-likeness (QED) is 0.306. The van der Waals surface area contributed by atoms with E-state index in [-0.39, 0.29) is 6.42 Å². The van der Waals surface area contributed by atoms with Crippen LogP contribution in [-0.2, 0) is 14.2 Å². The van der Waals surface area contributed by atoms with E-state index in [4.69, 9.17) is 20.0 Å². The fourth-order valence-electron chi connectivity index (χ4n) is 2.56. The summed E-state index contributed by atoms with van der Waals surface area (Å²) in [6, 6.07) is 0. The van der Waals surface area contributed by atoms with Gasteiger partial charge in [-0.3, -0.25) is 14.2 Å². The molecule has 2 atom stereocenters. The number of rotatable bonds is 12. The van der Waals surface area contributed by atoms with Gasteiger partial charge < -0.3 is 24.9 Å². The SMILES string of the molecule is CCN(CCCCC(C(=O)O)C(C(=O)O)P(=O)(O)O)CC(C)C. The second kappa shape index (κ2) is 10.0. The maximum atomic E-state index is 11.3. The van der Waals surface area contributed by atoms with E-state index >= 15 is 0 Å². The monoisotopic (exact) mass is 353 g/mol. The Labute approximate surface area is 136 Å². The molecule has 0 saturated heterocycles. The molecular weight excluding hydrogens is 325 g/mol. The van der Waals surface area contributed by atoms with Crippen molar-refractivity contribution in [3.63, 3.8) is 0 Å². The van der Waals surface area contributed by atoms with E-state index in [1.165, 1.54) is 0 Å². The van der Waals surface area contributed by atoms with Gasteiger partial charge in [0.25, 0.3) is 0 Å². The Hall–Kier alpha value is -0.950. The van der Waals surface area contributed by atoms with Crippen molar-refractivity contribution >= 4 is 19.5 Å². The van der Waals surface area contributed by atoms with Gasteiger partial charge in [0.1, 0.15) is 0 Å². The van der Waals surface area contributed by atoms with Crippen molar-refractivity contribution in [3.05, 3.63) is 0 Å². The molecule has 0 amide bonds. The van der Waals surface area contributed by atoms with Crippen LogP contribution in [0.3, 0.4) is 0 Å². The molecular formula is C14H28NO7P. The summed E-state index contributed by atoms with van der Waals surface area (Å²) in [5.41, 5.74) is -2.20. The maximum absolute atomic E-state index is 11.3. The zero-order valence-electron chi connectivity index (χ0n) is 13.9. The minimum absolute atomic E-state index is 0.0728. The number of aliphatic carboxylic acids is 2. The molecule has 9 heteroatoms. The highest BCUT2D eigenvalue weighted by Crippen LogP contribution is 2.46. The molecule has 0 bridgehead atoms. The largest absolute Gasteiger partial charge is 0.481 e. The van der Waals surface area contributed by atoms with Gasteiger partial charge in [0.15, 0.2) is 5.66 Å². The number of carboxylic acids is 2. The van der Waals surface area contributed by atoms with Crippen LogP contribution >= 0.6 is 7.60 Å². The van der Waals surface area contributed by atoms with E-state index in [0.29, 0.717) is 18.8 Å². The molecule has 0 aromatic rings. The average Bonchev–Trinajstić information content (AvgIpc) is 2.37. The molecule has 0 aliphatic heterocycles. The highest BCUT2D eigenvalue weighted by Gasteiger charge is 2.45. The molecule has 0 radical (unpaired) electrons. The lowest BCUT2D eigenvalue weighted by Crippen LogP contribution is -2.35. The molecule has 4 N–H and O–H groups in total. The molecule has 0 aromatic heterocycles. The van der Waals surface area contributed by atoms with Gasteiger partial charge in [0.2, 0.25) is 0 Å². The molecule has 8 nitrogen and oxygen atoms in total. The third kappa shape index (κ3) is 8.46. The molecule has 0 aromatic carbocycles. The summed E-state index contributed by atoms with van der Waals surface area (Å²) in [5.74, 6) is -4.35. The third-order valence-corrected chi connectivity index (χ3v) is 4.93. The summed E-state index contributed by atoms with van der Waals surface area (Å²) in [4.78, 5) is 42.7. The maximum Gasteiger partial charge on any atom is 0.340 e. The lowest BCUT2D eigenvalue weighted by atomic mass is 9.98. The summed E-state index contributed by atoms with van der Waals surface area (Å²) in [5, 5.41) is 18.1. The molecule has 0 spiro atoms. The lowest BCUT2D eigenvalue weighted by Gasteiger charge is -2.24. The van der Waals surface area contributed by atoms with E-state index in [1.807, 2.05) is 6.92 Å². The van der Waals surface area contributed by atoms with Crippen LogP contribution in [0.25, 0.3) is 0 Å². The van der Waals surface area contributed by atoms with Gasteiger partial charge in [-0.2, -0.15) is 0 Å². The predicted octanol–water partition coefficient (Wildman–Crippen LogP) is 1.47. The fourth-order valence-corrected chi connectivity index (χ4v) is 3.59. The van der Waals surface area contributed by atoms with Gasteiger partial charge >= 0.3 is 19.5 Å². The van der Waals surface area contributed by atoms with E-state index in [9.17, 15) is 14.2 Å². The van der Waals surface area contributed by atoms with Crippen molar-refractivity contribution in [2.24, 2.45) is 11.8 Å². The van der Waals surface area contributed by atoms with Crippen LogP contribution in [0.15, 0.2) is 0 Å². The van der Waals surface area contributed by atoms with E-state index in [1.54, 1.807) is 0 Å².